The average molecular weight is 1940 g/mol. The highest BCUT2D eigenvalue weighted by atomic mass is 16.6. The van der Waals surface area contributed by atoms with Gasteiger partial charge in [0.15, 0.2) is 0 Å². The summed E-state index contributed by atoms with van der Waals surface area (Å²) in [6, 6.07) is 8.49. The Morgan fingerprint density at radius 1 is 0.400 bits per heavy atom. The van der Waals surface area contributed by atoms with Crippen molar-refractivity contribution >= 4 is 105 Å². The van der Waals surface area contributed by atoms with Crippen molar-refractivity contribution in [2.45, 2.75) is 406 Å². The summed E-state index contributed by atoms with van der Waals surface area (Å²) in [5.74, 6) is -2.33. The standard InChI is InChI=1S/2C56H84N6O8/c1-15-19-23-37(69-53(67)57-17-3)25-21-27-47(63)59-43-31-45-41(55(11,12)35(9)61(45)33(5)6)29-39(43)49-51(65)50(52(49)66)40-30-42-46(62(34(7)8)36(10)56(42,13)14)32-44(40)60-48(64)28-22-26-38(24-20-16-2)70-54(68)58-18-4;1-15-19-21-37(17-3)31-69-53(67)57-25-23-47(63)59-43-29-45-41(55(11,12)35(9)61(45)33(5)6)27-39(43)49-51(65)50(52(49)66)40-28-42-46(62(34(7)8)36(10)56(42,13)14)30-44(40)60-48(64)24-26-58-54(68)70-32-38(18-4)22-20-16-2/h29-38,65H,15-28H2,1-14H3,(H,57,67)(H,58,68)(H,59,63);27-30,33-38,65H,15-26,31-32H2,1-14H3,(H,57,67)(H,58,68)(H,59,63). The predicted molar refractivity (Wildman–Crippen MR) is 560 cm³/mol. The van der Waals surface area contributed by atoms with Crippen molar-refractivity contribution in [2.75, 3.05) is 59.8 Å². The second-order valence-electron chi connectivity index (χ2n) is 42.7. The molecular weight excluding hydrogens is 1770 g/mol. The van der Waals surface area contributed by atoms with E-state index in [1.165, 1.54) is 0 Å². The molecule has 0 radical (unpaired) electrons. The first-order valence-corrected chi connectivity index (χ1v) is 52.5. The first-order chi connectivity index (χ1) is 66.1. The van der Waals surface area contributed by atoms with Crippen LogP contribution < -0.4 is 41.7 Å². The molecule has 10 rings (SSSR count). The first kappa shape index (κ1) is 113. The maximum atomic E-state index is 15.0. The highest BCUT2D eigenvalue weighted by Crippen LogP contribution is 2.57. The number of ether oxygens (including phenoxy) is 4. The zero-order valence-corrected chi connectivity index (χ0v) is 89.6. The number of aliphatic hydroxyl groups is 2. The second kappa shape index (κ2) is 49.3. The van der Waals surface area contributed by atoms with Crippen LogP contribution in [0.2, 0.25) is 0 Å². The van der Waals surface area contributed by atoms with Crippen molar-refractivity contribution in [3.05, 3.63) is 127 Å². The van der Waals surface area contributed by atoms with E-state index in [1.54, 1.807) is 0 Å². The number of hydrogen-bond donors (Lipinski definition) is 8. The van der Waals surface area contributed by atoms with Crippen molar-refractivity contribution in [1.82, 2.24) is 31.1 Å². The van der Waals surface area contributed by atoms with Gasteiger partial charge in [0.05, 0.1) is 58.3 Å². The van der Waals surface area contributed by atoms with Crippen molar-refractivity contribution in [3.63, 3.8) is 0 Å². The fourth-order valence-electron chi connectivity index (χ4n) is 21.0. The third-order valence-corrected chi connectivity index (χ3v) is 30.4. The molecule has 140 heavy (non-hydrogen) atoms. The molecular formula is C112H168N12O16. The van der Waals surface area contributed by atoms with Crippen LogP contribution in [0.1, 0.15) is 357 Å². The lowest BCUT2D eigenvalue weighted by atomic mass is 9.73. The maximum absolute atomic E-state index is 15.0. The SMILES string of the molecule is CCCCC(CC)COC(=O)NCCC(=O)N=C1C=C2C(=CC1=C1C(=O)C(c3cc4c(cc3NC(=O)CCNC(=O)OCC(CC)CCCC)N(C(C)C)C(C)C4(C)C)=C1O)C(C)(C)C(C)N2C(C)C.CCCCC(CCCC(=O)N=C1C=C2C(=CC1=C1C(=O)C(c3cc4c(cc3NC(=O)CCCC(CCCC)OC(=O)NCC)N(C(C)C)C(C)C4(C)C)=C1O)C(C)(C)C(C)N2C(C)C)OC(=O)NCC. The summed E-state index contributed by atoms with van der Waals surface area (Å²) in [7, 11) is 0. The number of unbranched alkanes of at least 4 members (excludes halogenated alkanes) is 4. The summed E-state index contributed by atoms with van der Waals surface area (Å²) in [6.45, 7) is 60.8. The van der Waals surface area contributed by atoms with Gasteiger partial charge >= 0.3 is 24.4 Å². The number of fused-ring (bicyclic) bond motifs is 4. The molecule has 8 aliphatic rings. The van der Waals surface area contributed by atoms with Gasteiger partial charge in [0.25, 0.3) is 0 Å². The Bertz CT molecular complexity index is 5230. The molecule has 2 aromatic carbocycles. The van der Waals surface area contributed by atoms with Crippen LogP contribution >= 0.6 is 0 Å². The summed E-state index contributed by atoms with van der Waals surface area (Å²) in [5.41, 5.74) is 9.23. The third kappa shape index (κ3) is 25.6. The van der Waals surface area contributed by atoms with Crippen LogP contribution in [-0.2, 0) is 58.5 Å². The van der Waals surface area contributed by atoms with Crippen molar-refractivity contribution in [1.29, 1.82) is 0 Å². The molecule has 8 amide bonds. The lowest BCUT2D eigenvalue weighted by Crippen LogP contribution is -2.42. The van der Waals surface area contributed by atoms with Crippen LogP contribution in [-0.4, -0.2) is 191 Å². The van der Waals surface area contributed by atoms with Gasteiger partial charge in [-0.2, -0.15) is 0 Å². The Kier molecular flexibility index (Phi) is 39.7. The summed E-state index contributed by atoms with van der Waals surface area (Å²) in [4.78, 5) is 153. The number of alkyl carbamates (subject to hydrolysis) is 4. The summed E-state index contributed by atoms with van der Waals surface area (Å²) in [6.07, 6.45) is 20.0. The van der Waals surface area contributed by atoms with Crippen molar-refractivity contribution < 1.29 is 77.1 Å². The number of aliphatic hydroxyl groups excluding tert-OH is 2. The lowest BCUT2D eigenvalue weighted by molar-refractivity contribution is -0.118. The van der Waals surface area contributed by atoms with Gasteiger partial charge in [-0.05, 0) is 231 Å². The van der Waals surface area contributed by atoms with Crippen LogP contribution in [0.4, 0.5) is 41.9 Å². The topological polar surface area (TPSA) is 358 Å². The quantitative estimate of drug-likeness (QED) is 0.0226. The minimum absolute atomic E-state index is 0.00879. The normalized spacial score (nSPS) is 21.5. The Labute approximate surface area is 834 Å². The molecule has 0 saturated carbocycles. The van der Waals surface area contributed by atoms with E-state index in [0.29, 0.717) is 104 Å². The number of benzene rings is 2. The van der Waals surface area contributed by atoms with E-state index in [1.807, 2.05) is 62.4 Å². The number of carbonyl (C=O) groups excluding carboxylic acids is 10. The number of rotatable bonds is 44. The molecule has 8 unspecified atom stereocenters. The summed E-state index contributed by atoms with van der Waals surface area (Å²) < 4.78 is 22.3. The number of aliphatic imine (C=N–C) groups is 2. The molecule has 0 aromatic heterocycles. The third-order valence-electron chi connectivity index (χ3n) is 30.4. The average Bonchev–Trinajstić information content (AvgIpc) is 1.44. The first-order valence-electron chi connectivity index (χ1n) is 52.5. The number of allylic oxidation sites excluding steroid dienone is 12. The number of ketones is 2. The zero-order valence-electron chi connectivity index (χ0n) is 89.6. The minimum Gasteiger partial charge on any atom is -0.506 e. The van der Waals surface area contributed by atoms with Gasteiger partial charge in [0.1, 0.15) is 23.7 Å². The second-order valence-corrected chi connectivity index (χ2v) is 42.7. The highest BCUT2D eigenvalue weighted by molar-refractivity contribution is 6.43. The zero-order chi connectivity index (χ0) is 104. The van der Waals surface area contributed by atoms with Gasteiger partial charge in [-0.15, -0.1) is 0 Å². The summed E-state index contributed by atoms with van der Waals surface area (Å²) >= 11 is 0. The van der Waals surface area contributed by atoms with E-state index in [-0.39, 0.29) is 184 Å². The van der Waals surface area contributed by atoms with E-state index < -0.39 is 47.8 Å². The Balaban J connectivity index is 0.000000313. The predicted octanol–water partition coefficient (Wildman–Crippen LogP) is 22.8. The summed E-state index contributed by atoms with van der Waals surface area (Å²) in [5, 5.41) is 41.5. The Morgan fingerprint density at radius 3 is 1.09 bits per heavy atom. The van der Waals surface area contributed by atoms with E-state index in [2.05, 4.69) is 242 Å². The fourth-order valence-corrected chi connectivity index (χ4v) is 21.0. The number of amides is 8. The van der Waals surface area contributed by atoms with Crippen LogP contribution in [0.3, 0.4) is 0 Å². The molecule has 4 aliphatic carbocycles. The van der Waals surface area contributed by atoms with Gasteiger partial charge in [0, 0.05) is 167 Å². The van der Waals surface area contributed by atoms with E-state index >= 15 is 0 Å². The molecule has 28 nitrogen and oxygen atoms in total. The molecule has 0 bridgehead atoms. The smallest absolute Gasteiger partial charge is 0.407 e. The monoisotopic (exact) mass is 1940 g/mol. The van der Waals surface area contributed by atoms with E-state index in [9.17, 15) is 58.2 Å². The molecule has 8 atom stereocenters. The van der Waals surface area contributed by atoms with Gasteiger partial charge in [0.2, 0.25) is 35.2 Å². The molecule has 4 aliphatic heterocycles. The minimum atomic E-state index is -0.588. The molecule has 2 fully saturated rings. The van der Waals surface area contributed by atoms with Crippen molar-refractivity contribution in [2.24, 2.45) is 32.7 Å². The van der Waals surface area contributed by atoms with Gasteiger partial charge < -0.3 is 80.7 Å². The van der Waals surface area contributed by atoms with Crippen molar-refractivity contribution in [3.8, 4) is 0 Å². The molecule has 28 heteroatoms. The Hall–Kier alpha value is -10.8. The van der Waals surface area contributed by atoms with E-state index in [0.717, 1.165) is 122 Å². The maximum Gasteiger partial charge on any atom is 0.407 e. The number of nitrogens with one attached hydrogen (secondary N) is 6. The van der Waals surface area contributed by atoms with Gasteiger partial charge in [-0.1, -0.05) is 161 Å². The number of hydrogen-bond acceptors (Lipinski definition) is 20. The van der Waals surface area contributed by atoms with Crippen LogP contribution in [0.25, 0.3) is 11.1 Å². The molecule has 4 heterocycles. The van der Waals surface area contributed by atoms with Crippen LogP contribution in [0.15, 0.2) is 115 Å². The molecule has 8 N–H and O–H groups in total. The molecule has 0 spiro atoms. The highest BCUT2D eigenvalue weighted by Gasteiger charge is 2.53. The molecule has 2 saturated heterocycles. The number of nitrogens with zero attached hydrogens (tertiary/aromatic N) is 6. The number of likely N-dealkylation sites (tertiary alicyclic amines) is 2. The van der Waals surface area contributed by atoms with Gasteiger partial charge in [-0.25, -0.2) is 29.2 Å². The van der Waals surface area contributed by atoms with Gasteiger partial charge in [-0.3, -0.25) is 28.8 Å². The lowest BCUT2D eigenvalue weighted by Gasteiger charge is -2.34. The molecule has 2 aromatic rings. The Morgan fingerprint density at radius 2 is 0.736 bits per heavy atom. The number of anilines is 4. The largest absolute Gasteiger partial charge is 0.506 e. The number of carbonyl (C=O) groups is 10. The fraction of sp³-hybridized carbons (Fsp3) is 0.643. The van der Waals surface area contributed by atoms with E-state index in [4.69, 9.17) is 18.9 Å². The van der Waals surface area contributed by atoms with Crippen LogP contribution in [0.5, 0.6) is 0 Å². The molecule has 772 valence electrons. The van der Waals surface area contributed by atoms with Crippen LogP contribution in [0, 0.1) is 22.7 Å². The number of Topliss-reactive ketones (excluding diaryl/α,β-unsaturated/α-hetero) is 2.